The van der Waals surface area contributed by atoms with Gasteiger partial charge >= 0.3 is 0 Å². The number of fused-ring (bicyclic) bond motifs is 3. The molecule has 2 aliphatic carbocycles. The van der Waals surface area contributed by atoms with Crippen LogP contribution in [0.4, 0.5) is 0 Å². The Bertz CT molecular complexity index is 884. The van der Waals surface area contributed by atoms with Crippen LogP contribution >= 0.6 is 22.9 Å². The van der Waals surface area contributed by atoms with Gasteiger partial charge < -0.3 is 0 Å². The summed E-state index contributed by atoms with van der Waals surface area (Å²) in [6.07, 6.45) is 13.2. The summed E-state index contributed by atoms with van der Waals surface area (Å²) in [5.41, 5.74) is 4.31. The van der Waals surface area contributed by atoms with E-state index in [1.807, 2.05) is 23.5 Å². The smallest absolute Gasteiger partial charge is 0.194 e. The zero-order valence-corrected chi connectivity index (χ0v) is 15.3. The summed E-state index contributed by atoms with van der Waals surface area (Å²) in [6, 6.07) is 7.98. The van der Waals surface area contributed by atoms with Crippen LogP contribution in [0.15, 0.2) is 30.5 Å². The van der Waals surface area contributed by atoms with E-state index in [0.717, 1.165) is 21.2 Å². The molecule has 2 nitrogen and oxygen atoms in total. The van der Waals surface area contributed by atoms with Crippen molar-refractivity contribution in [2.75, 3.05) is 0 Å². The molecule has 0 radical (unpaired) electrons. The first kappa shape index (κ1) is 15.0. The minimum atomic E-state index is 0.604. The number of thiazole rings is 1. The van der Waals surface area contributed by atoms with E-state index in [-0.39, 0.29) is 0 Å². The minimum Gasteiger partial charge on any atom is -0.294 e. The van der Waals surface area contributed by atoms with E-state index < -0.39 is 0 Å². The lowest BCUT2D eigenvalue weighted by Gasteiger charge is -2.40. The molecule has 1 saturated carbocycles. The lowest BCUT2D eigenvalue weighted by Crippen LogP contribution is -2.30. The number of hydrogen-bond acceptors (Lipinski definition) is 2. The fourth-order valence-electron chi connectivity index (χ4n) is 4.63. The van der Waals surface area contributed by atoms with Crippen molar-refractivity contribution in [2.24, 2.45) is 5.41 Å². The number of imidazole rings is 1. The van der Waals surface area contributed by atoms with Crippen LogP contribution in [0.1, 0.15) is 49.1 Å². The van der Waals surface area contributed by atoms with Crippen molar-refractivity contribution < 1.29 is 0 Å². The van der Waals surface area contributed by atoms with E-state index in [1.165, 1.54) is 57.1 Å². The molecule has 3 aromatic rings. The molecule has 0 amide bonds. The molecule has 0 bridgehead atoms. The SMILES string of the molecule is Clc1ccc(-c2cn3c4c(sc3n2)CC2(CCCCC2)CC4)cc1. The topological polar surface area (TPSA) is 17.3 Å². The molecule has 2 heterocycles. The average Bonchev–Trinajstić information content (AvgIpc) is 3.13. The van der Waals surface area contributed by atoms with Gasteiger partial charge in [-0.05, 0) is 49.7 Å². The second kappa shape index (κ2) is 5.60. The fourth-order valence-corrected chi connectivity index (χ4v) is 6.08. The zero-order valence-electron chi connectivity index (χ0n) is 13.7. The van der Waals surface area contributed by atoms with E-state index in [4.69, 9.17) is 16.6 Å². The van der Waals surface area contributed by atoms with Crippen molar-refractivity contribution >= 4 is 27.9 Å². The molecule has 124 valence electrons. The van der Waals surface area contributed by atoms with Gasteiger partial charge in [0.2, 0.25) is 0 Å². The van der Waals surface area contributed by atoms with Gasteiger partial charge in [0.05, 0.1) is 5.69 Å². The van der Waals surface area contributed by atoms with Crippen LogP contribution in [0.2, 0.25) is 5.02 Å². The van der Waals surface area contributed by atoms with Crippen LogP contribution in [-0.2, 0) is 12.8 Å². The van der Waals surface area contributed by atoms with Gasteiger partial charge in [0.15, 0.2) is 4.96 Å². The highest BCUT2D eigenvalue weighted by molar-refractivity contribution is 7.17. The van der Waals surface area contributed by atoms with Crippen LogP contribution in [-0.4, -0.2) is 9.38 Å². The predicted octanol–water partition coefficient (Wildman–Crippen LogP) is 6.16. The number of rotatable bonds is 1. The molecule has 0 unspecified atom stereocenters. The first-order valence-corrected chi connectivity index (χ1v) is 10.2. The molecule has 5 rings (SSSR count). The Labute approximate surface area is 151 Å². The molecule has 0 saturated heterocycles. The Morgan fingerprint density at radius 2 is 1.83 bits per heavy atom. The van der Waals surface area contributed by atoms with Gasteiger partial charge in [0.1, 0.15) is 0 Å². The quantitative estimate of drug-likeness (QED) is 0.510. The van der Waals surface area contributed by atoms with Crippen LogP contribution < -0.4 is 0 Å². The first-order chi connectivity index (χ1) is 11.7. The Hall–Kier alpha value is -1.32. The Balaban J connectivity index is 1.51. The van der Waals surface area contributed by atoms with E-state index >= 15 is 0 Å². The number of aryl methyl sites for hydroxylation is 1. The molecule has 24 heavy (non-hydrogen) atoms. The number of nitrogens with zero attached hydrogens (tertiary/aromatic N) is 2. The molecule has 0 N–H and O–H groups in total. The largest absolute Gasteiger partial charge is 0.294 e. The Kier molecular flexibility index (Phi) is 3.50. The van der Waals surface area contributed by atoms with Gasteiger partial charge in [-0.25, -0.2) is 4.98 Å². The molecule has 0 atom stereocenters. The van der Waals surface area contributed by atoms with Gasteiger partial charge in [0, 0.05) is 27.4 Å². The highest BCUT2D eigenvalue weighted by Gasteiger charge is 2.37. The van der Waals surface area contributed by atoms with Crippen molar-refractivity contribution in [3.63, 3.8) is 0 Å². The summed E-state index contributed by atoms with van der Waals surface area (Å²) in [5, 5.41) is 0.773. The van der Waals surface area contributed by atoms with Crippen molar-refractivity contribution in [3.8, 4) is 11.3 Å². The predicted molar refractivity (Wildman–Crippen MR) is 101 cm³/mol. The van der Waals surface area contributed by atoms with E-state index in [9.17, 15) is 0 Å². The third-order valence-corrected chi connectivity index (χ3v) is 7.33. The summed E-state index contributed by atoms with van der Waals surface area (Å²) >= 11 is 7.91. The molecule has 0 aliphatic heterocycles. The fraction of sp³-hybridized carbons (Fsp3) is 0.450. The van der Waals surface area contributed by atoms with Gasteiger partial charge in [-0.15, -0.1) is 11.3 Å². The highest BCUT2D eigenvalue weighted by atomic mass is 35.5. The lowest BCUT2D eigenvalue weighted by atomic mass is 9.66. The zero-order chi connectivity index (χ0) is 16.1. The monoisotopic (exact) mass is 356 g/mol. The second-order valence-corrected chi connectivity index (χ2v) is 8.99. The van der Waals surface area contributed by atoms with Gasteiger partial charge in [-0.1, -0.05) is 43.0 Å². The second-order valence-electron chi connectivity index (χ2n) is 7.49. The number of halogens is 1. The van der Waals surface area contributed by atoms with Crippen LogP contribution in [0.5, 0.6) is 0 Å². The molecule has 1 spiro atoms. The van der Waals surface area contributed by atoms with Crippen LogP contribution in [0, 0.1) is 5.41 Å². The first-order valence-electron chi connectivity index (χ1n) is 8.98. The maximum atomic E-state index is 6.00. The van der Waals surface area contributed by atoms with E-state index in [2.05, 4.69) is 22.7 Å². The molecule has 2 aliphatic rings. The van der Waals surface area contributed by atoms with Crippen LogP contribution in [0.3, 0.4) is 0 Å². The maximum Gasteiger partial charge on any atom is 0.194 e. The van der Waals surface area contributed by atoms with E-state index in [0.29, 0.717) is 5.41 Å². The normalized spacial score (nSPS) is 19.7. The standard InChI is InChI=1S/C20H21ClN2S/c21-15-6-4-14(5-7-15)16-13-23-17-8-11-20(9-2-1-3-10-20)12-18(17)24-19(23)22-16/h4-7,13H,1-3,8-12H2. The van der Waals surface area contributed by atoms with Gasteiger partial charge in [-0.2, -0.15) is 0 Å². The van der Waals surface area contributed by atoms with Crippen molar-refractivity contribution in [3.05, 3.63) is 46.1 Å². The average molecular weight is 357 g/mol. The molecular weight excluding hydrogens is 336 g/mol. The summed E-state index contributed by atoms with van der Waals surface area (Å²) in [5.74, 6) is 0. The number of aromatic nitrogens is 2. The molecule has 1 fully saturated rings. The highest BCUT2D eigenvalue weighted by Crippen LogP contribution is 2.48. The Morgan fingerprint density at radius 3 is 2.62 bits per heavy atom. The molecule has 4 heteroatoms. The molecular formula is C20H21ClN2S. The van der Waals surface area contributed by atoms with Gasteiger partial charge in [-0.3, -0.25) is 4.40 Å². The van der Waals surface area contributed by atoms with E-state index in [1.54, 1.807) is 4.88 Å². The van der Waals surface area contributed by atoms with Crippen molar-refractivity contribution in [2.45, 2.75) is 51.4 Å². The van der Waals surface area contributed by atoms with Crippen LogP contribution in [0.25, 0.3) is 16.2 Å². The summed E-state index contributed by atoms with van der Waals surface area (Å²) in [6.45, 7) is 0. The van der Waals surface area contributed by atoms with Crippen molar-refractivity contribution in [1.82, 2.24) is 9.38 Å². The lowest BCUT2D eigenvalue weighted by molar-refractivity contribution is 0.163. The van der Waals surface area contributed by atoms with Crippen molar-refractivity contribution in [1.29, 1.82) is 0 Å². The minimum absolute atomic E-state index is 0.604. The molecule has 1 aromatic carbocycles. The number of hydrogen-bond donors (Lipinski definition) is 0. The Morgan fingerprint density at radius 1 is 1.04 bits per heavy atom. The third-order valence-electron chi connectivity index (χ3n) is 5.98. The summed E-state index contributed by atoms with van der Waals surface area (Å²) in [7, 11) is 0. The summed E-state index contributed by atoms with van der Waals surface area (Å²) < 4.78 is 2.35. The number of benzene rings is 1. The molecule has 2 aromatic heterocycles. The maximum absolute atomic E-state index is 6.00. The van der Waals surface area contributed by atoms with Gasteiger partial charge in [0.25, 0.3) is 0 Å². The third kappa shape index (κ3) is 2.41. The summed E-state index contributed by atoms with van der Waals surface area (Å²) in [4.78, 5) is 7.63.